The summed E-state index contributed by atoms with van der Waals surface area (Å²) in [6.45, 7) is 4.78. The summed E-state index contributed by atoms with van der Waals surface area (Å²) in [5.74, 6) is -0.0261. The Balaban J connectivity index is 1.22. The molecule has 9 heteroatoms. The Bertz CT molecular complexity index is 1290. The average molecular weight is 464 g/mol. The highest BCUT2D eigenvalue weighted by Crippen LogP contribution is 2.33. The van der Waals surface area contributed by atoms with Crippen LogP contribution in [0.5, 0.6) is 0 Å². The number of hydrogen-bond donors (Lipinski definition) is 0. The highest BCUT2D eigenvalue weighted by atomic mass is 32.1. The standard InChI is InChI=1S/C24H25N5O3S/c1-17(30)28-7-6-18-4-2-3-5-20(18)21(28)15-22(31)27-10-8-26(9-11-27)16-19-14-23(32)29-12-13-33-24(29)25-19/h2-7,12-14,21H,8-11,15-16H2,1H3. The van der Waals surface area contributed by atoms with E-state index in [1.54, 1.807) is 27.8 Å². The van der Waals surface area contributed by atoms with Gasteiger partial charge in [-0.05, 0) is 17.2 Å². The molecule has 0 aliphatic carbocycles. The maximum atomic E-state index is 13.2. The number of piperazine rings is 1. The number of aromatic nitrogens is 2. The van der Waals surface area contributed by atoms with Gasteiger partial charge in [-0.2, -0.15) is 0 Å². The zero-order chi connectivity index (χ0) is 22.9. The third-order valence-electron chi connectivity index (χ3n) is 6.30. The molecule has 33 heavy (non-hydrogen) atoms. The Labute approximate surface area is 195 Å². The molecular formula is C24H25N5O3S. The maximum Gasteiger partial charge on any atom is 0.258 e. The zero-order valence-electron chi connectivity index (χ0n) is 18.4. The molecule has 3 aromatic rings. The van der Waals surface area contributed by atoms with Gasteiger partial charge < -0.3 is 9.80 Å². The quantitative estimate of drug-likeness (QED) is 0.594. The monoisotopic (exact) mass is 463 g/mol. The molecule has 1 saturated heterocycles. The normalized spacial score (nSPS) is 18.5. The second kappa shape index (κ2) is 8.92. The van der Waals surface area contributed by atoms with Gasteiger partial charge >= 0.3 is 0 Å². The fraction of sp³-hybridized carbons (Fsp3) is 0.333. The van der Waals surface area contributed by atoms with Crippen LogP contribution in [0.4, 0.5) is 0 Å². The summed E-state index contributed by atoms with van der Waals surface area (Å²) in [6.07, 6.45) is 5.69. The van der Waals surface area contributed by atoms with Gasteiger partial charge in [0.05, 0.1) is 18.2 Å². The Morgan fingerprint density at radius 3 is 2.73 bits per heavy atom. The van der Waals surface area contributed by atoms with Gasteiger partial charge in [0.25, 0.3) is 5.56 Å². The number of benzene rings is 1. The van der Waals surface area contributed by atoms with Crippen molar-refractivity contribution in [1.82, 2.24) is 24.1 Å². The zero-order valence-corrected chi connectivity index (χ0v) is 19.2. The molecule has 0 spiro atoms. The average Bonchev–Trinajstić information content (AvgIpc) is 3.29. The van der Waals surface area contributed by atoms with Crippen molar-refractivity contribution >= 4 is 34.2 Å². The van der Waals surface area contributed by atoms with E-state index in [1.165, 1.54) is 18.3 Å². The lowest BCUT2D eigenvalue weighted by Crippen LogP contribution is -2.49. The van der Waals surface area contributed by atoms with Gasteiger partial charge in [0.15, 0.2) is 4.96 Å². The van der Waals surface area contributed by atoms with E-state index < -0.39 is 0 Å². The van der Waals surface area contributed by atoms with Crippen molar-refractivity contribution in [2.24, 2.45) is 0 Å². The minimum absolute atomic E-state index is 0.0485. The molecule has 8 nitrogen and oxygen atoms in total. The van der Waals surface area contributed by atoms with Gasteiger partial charge in [0.1, 0.15) is 0 Å². The van der Waals surface area contributed by atoms with Crippen LogP contribution in [-0.2, 0) is 16.1 Å². The molecule has 4 heterocycles. The first-order chi connectivity index (χ1) is 16.0. The molecule has 5 rings (SSSR count). The Morgan fingerprint density at radius 2 is 1.94 bits per heavy atom. The molecule has 2 aliphatic rings. The van der Waals surface area contributed by atoms with Crippen molar-refractivity contribution in [3.8, 4) is 0 Å². The number of fused-ring (bicyclic) bond motifs is 2. The fourth-order valence-electron chi connectivity index (χ4n) is 4.56. The largest absolute Gasteiger partial charge is 0.340 e. The molecule has 0 radical (unpaired) electrons. The molecule has 0 N–H and O–H groups in total. The number of carbonyl (C=O) groups excluding carboxylic acids is 2. The second-order valence-corrected chi connectivity index (χ2v) is 9.26. The molecule has 2 amide bonds. The van der Waals surface area contributed by atoms with E-state index in [-0.39, 0.29) is 29.8 Å². The number of carbonyl (C=O) groups is 2. The summed E-state index contributed by atoms with van der Waals surface area (Å²) in [7, 11) is 0. The molecular weight excluding hydrogens is 438 g/mol. The van der Waals surface area contributed by atoms with E-state index >= 15 is 0 Å². The summed E-state index contributed by atoms with van der Waals surface area (Å²) in [5.41, 5.74) is 2.74. The lowest BCUT2D eigenvalue weighted by atomic mass is 9.93. The van der Waals surface area contributed by atoms with Crippen LogP contribution < -0.4 is 5.56 Å². The Morgan fingerprint density at radius 1 is 1.15 bits per heavy atom. The number of rotatable bonds is 4. The van der Waals surface area contributed by atoms with E-state index in [4.69, 9.17) is 0 Å². The van der Waals surface area contributed by atoms with Crippen molar-refractivity contribution in [2.45, 2.75) is 25.9 Å². The molecule has 2 aromatic heterocycles. The summed E-state index contributed by atoms with van der Waals surface area (Å²) in [5, 5.41) is 1.85. The molecule has 1 unspecified atom stereocenters. The van der Waals surface area contributed by atoms with Crippen LogP contribution in [0.1, 0.15) is 36.2 Å². The second-order valence-electron chi connectivity index (χ2n) is 8.39. The maximum absolute atomic E-state index is 13.2. The number of hydrogen-bond acceptors (Lipinski definition) is 6. The Kier molecular flexibility index (Phi) is 5.82. The van der Waals surface area contributed by atoms with E-state index in [1.807, 2.05) is 40.6 Å². The molecule has 1 atom stereocenters. The van der Waals surface area contributed by atoms with Crippen molar-refractivity contribution in [3.05, 3.63) is 75.3 Å². The van der Waals surface area contributed by atoms with Gasteiger partial charge in [-0.3, -0.25) is 23.7 Å². The number of nitrogens with zero attached hydrogens (tertiary/aromatic N) is 5. The minimum Gasteiger partial charge on any atom is -0.340 e. The van der Waals surface area contributed by atoms with Gasteiger partial charge in [-0.15, -0.1) is 11.3 Å². The fourth-order valence-corrected chi connectivity index (χ4v) is 5.30. The highest BCUT2D eigenvalue weighted by molar-refractivity contribution is 7.15. The van der Waals surface area contributed by atoms with Crippen molar-refractivity contribution in [1.29, 1.82) is 0 Å². The van der Waals surface area contributed by atoms with Crippen LogP contribution in [0.25, 0.3) is 11.0 Å². The van der Waals surface area contributed by atoms with Crippen molar-refractivity contribution in [2.75, 3.05) is 26.2 Å². The summed E-state index contributed by atoms with van der Waals surface area (Å²) < 4.78 is 1.55. The topological polar surface area (TPSA) is 78.2 Å². The van der Waals surface area contributed by atoms with Crippen LogP contribution in [0, 0.1) is 0 Å². The van der Waals surface area contributed by atoms with Crippen LogP contribution >= 0.6 is 11.3 Å². The summed E-state index contributed by atoms with van der Waals surface area (Å²) in [4.78, 5) is 48.6. The predicted molar refractivity (Wildman–Crippen MR) is 127 cm³/mol. The smallest absolute Gasteiger partial charge is 0.258 e. The first-order valence-corrected chi connectivity index (χ1v) is 11.9. The predicted octanol–water partition coefficient (Wildman–Crippen LogP) is 2.36. The lowest BCUT2D eigenvalue weighted by Gasteiger charge is -2.37. The van der Waals surface area contributed by atoms with E-state index in [0.717, 1.165) is 29.9 Å². The van der Waals surface area contributed by atoms with Crippen molar-refractivity contribution < 1.29 is 9.59 Å². The first kappa shape index (κ1) is 21.5. The van der Waals surface area contributed by atoms with Crippen LogP contribution in [0.15, 0.2) is 52.9 Å². The molecule has 170 valence electrons. The van der Waals surface area contributed by atoms with Crippen LogP contribution in [-0.4, -0.2) is 62.1 Å². The highest BCUT2D eigenvalue weighted by Gasteiger charge is 2.31. The summed E-state index contributed by atoms with van der Waals surface area (Å²) in [6, 6.07) is 9.20. The number of thiazole rings is 1. The van der Waals surface area contributed by atoms with Gasteiger partial charge in [0.2, 0.25) is 11.8 Å². The molecule has 0 bridgehead atoms. The molecule has 0 saturated carbocycles. The molecule has 1 fully saturated rings. The SMILES string of the molecule is CC(=O)N1C=Cc2ccccc2C1CC(=O)N1CCN(Cc2cc(=O)n3ccsc3n2)CC1. The first-order valence-electron chi connectivity index (χ1n) is 11.0. The summed E-state index contributed by atoms with van der Waals surface area (Å²) >= 11 is 1.44. The van der Waals surface area contributed by atoms with E-state index in [0.29, 0.717) is 24.6 Å². The number of amides is 2. The van der Waals surface area contributed by atoms with Crippen molar-refractivity contribution in [3.63, 3.8) is 0 Å². The molecule has 1 aromatic carbocycles. The Hall–Kier alpha value is -3.30. The van der Waals surface area contributed by atoms with Crippen LogP contribution in [0.3, 0.4) is 0 Å². The van der Waals surface area contributed by atoms with Gasteiger partial charge in [-0.1, -0.05) is 24.3 Å². The van der Waals surface area contributed by atoms with E-state index in [9.17, 15) is 14.4 Å². The van der Waals surface area contributed by atoms with Gasteiger partial charge in [0, 0.05) is 63.5 Å². The van der Waals surface area contributed by atoms with E-state index in [2.05, 4.69) is 9.88 Å². The van der Waals surface area contributed by atoms with Crippen LogP contribution in [0.2, 0.25) is 0 Å². The third kappa shape index (κ3) is 4.34. The molecule has 2 aliphatic heterocycles. The lowest BCUT2D eigenvalue weighted by molar-refractivity contribution is -0.136. The van der Waals surface area contributed by atoms with Gasteiger partial charge in [-0.25, -0.2) is 4.98 Å². The minimum atomic E-state index is -0.288. The third-order valence-corrected chi connectivity index (χ3v) is 7.06.